The first kappa shape index (κ1) is 11.0. The van der Waals surface area contributed by atoms with E-state index in [0.717, 1.165) is 18.8 Å². The van der Waals surface area contributed by atoms with Crippen molar-refractivity contribution in [2.75, 3.05) is 13.1 Å². The third-order valence-electron chi connectivity index (χ3n) is 4.81. The summed E-state index contributed by atoms with van der Waals surface area (Å²) in [6.45, 7) is 4.87. The van der Waals surface area contributed by atoms with Gasteiger partial charge >= 0.3 is 0 Å². The molecule has 1 saturated carbocycles. The largest absolute Gasteiger partial charge is 0.368 e. The number of ether oxygens (including phenoxy) is 1. The fraction of sp³-hybridized carbons (Fsp3) is 1.00. The number of aliphatic hydroxyl groups is 1. The van der Waals surface area contributed by atoms with Crippen LogP contribution in [0.25, 0.3) is 0 Å². The van der Waals surface area contributed by atoms with Gasteiger partial charge in [-0.1, -0.05) is 6.92 Å². The highest BCUT2D eigenvalue weighted by molar-refractivity contribution is 4.96. The molecule has 0 radical (unpaired) electrons. The zero-order chi connectivity index (χ0) is 11.1. The monoisotopic (exact) mass is 225 g/mol. The molecule has 92 valence electrons. The zero-order valence-electron chi connectivity index (χ0n) is 10.1. The van der Waals surface area contributed by atoms with E-state index in [9.17, 15) is 5.11 Å². The molecule has 1 aliphatic carbocycles. The molecular formula is C13H23NO2. The quantitative estimate of drug-likeness (QED) is 0.736. The Labute approximate surface area is 97.8 Å². The van der Waals surface area contributed by atoms with Crippen LogP contribution in [-0.2, 0) is 4.74 Å². The van der Waals surface area contributed by atoms with Crippen molar-refractivity contribution in [2.45, 2.75) is 57.5 Å². The predicted molar refractivity (Wildman–Crippen MR) is 62.0 cm³/mol. The molecule has 0 spiro atoms. The Bertz CT molecular complexity index is 250. The lowest BCUT2D eigenvalue weighted by molar-refractivity contribution is -0.0906. The Morgan fingerprint density at radius 2 is 1.88 bits per heavy atom. The Hall–Kier alpha value is -0.120. The standard InChI is InChI=1S/C13H23NO2/c1-9-4-6-14(7-5-9)11-2-3-12-10(11)8-13(15)16-12/h9-13,15H,2-8H2,1H3/t10-,11+,12+,13?/m0/s1. The van der Waals surface area contributed by atoms with Gasteiger partial charge in [0.2, 0.25) is 0 Å². The molecule has 16 heavy (non-hydrogen) atoms. The van der Waals surface area contributed by atoms with Gasteiger partial charge in [0.25, 0.3) is 0 Å². The van der Waals surface area contributed by atoms with Crippen LogP contribution in [-0.4, -0.2) is 41.5 Å². The summed E-state index contributed by atoms with van der Waals surface area (Å²) in [5, 5.41) is 9.55. The number of hydrogen-bond donors (Lipinski definition) is 1. The highest BCUT2D eigenvalue weighted by atomic mass is 16.6. The number of piperidine rings is 1. The molecule has 0 aromatic rings. The second-order valence-corrected chi connectivity index (χ2v) is 5.89. The van der Waals surface area contributed by atoms with E-state index >= 15 is 0 Å². The van der Waals surface area contributed by atoms with Crippen LogP contribution in [0, 0.1) is 11.8 Å². The normalized spacial score (nSPS) is 46.1. The van der Waals surface area contributed by atoms with Crippen molar-refractivity contribution in [3.8, 4) is 0 Å². The fourth-order valence-corrected chi connectivity index (χ4v) is 3.79. The Kier molecular flexibility index (Phi) is 2.94. The smallest absolute Gasteiger partial charge is 0.155 e. The van der Waals surface area contributed by atoms with E-state index in [1.165, 1.54) is 32.4 Å². The second kappa shape index (κ2) is 4.28. The minimum Gasteiger partial charge on any atom is -0.368 e. The molecule has 0 amide bonds. The van der Waals surface area contributed by atoms with E-state index in [0.29, 0.717) is 18.1 Å². The Morgan fingerprint density at radius 1 is 1.12 bits per heavy atom. The molecule has 2 heterocycles. The maximum atomic E-state index is 9.55. The lowest BCUT2D eigenvalue weighted by Gasteiger charge is -2.37. The number of likely N-dealkylation sites (tertiary alicyclic amines) is 1. The van der Waals surface area contributed by atoms with Gasteiger partial charge in [-0.2, -0.15) is 0 Å². The van der Waals surface area contributed by atoms with Crippen LogP contribution >= 0.6 is 0 Å². The van der Waals surface area contributed by atoms with Crippen molar-refractivity contribution in [1.29, 1.82) is 0 Å². The molecule has 4 atom stereocenters. The lowest BCUT2D eigenvalue weighted by Crippen LogP contribution is -2.43. The first-order chi connectivity index (χ1) is 7.74. The molecule has 3 rings (SSSR count). The van der Waals surface area contributed by atoms with Crippen molar-refractivity contribution < 1.29 is 9.84 Å². The van der Waals surface area contributed by atoms with Crippen molar-refractivity contribution in [1.82, 2.24) is 4.90 Å². The average Bonchev–Trinajstić information content (AvgIpc) is 2.78. The minimum absolute atomic E-state index is 0.347. The number of fused-ring (bicyclic) bond motifs is 1. The van der Waals surface area contributed by atoms with E-state index in [4.69, 9.17) is 4.74 Å². The summed E-state index contributed by atoms with van der Waals surface area (Å²) >= 11 is 0. The van der Waals surface area contributed by atoms with E-state index in [-0.39, 0.29) is 0 Å². The topological polar surface area (TPSA) is 32.7 Å². The third kappa shape index (κ3) is 1.89. The summed E-state index contributed by atoms with van der Waals surface area (Å²) in [5.41, 5.74) is 0. The minimum atomic E-state index is -0.485. The van der Waals surface area contributed by atoms with E-state index in [1.54, 1.807) is 0 Å². The van der Waals surface area contributed by atoms with Crippen LogP contribution in [0.2, 0.25) is 0 Å². The van der Waals surface area contributed by atoms with Gasteiger partial charge in [-0.25, -0.2) is 0 Å². The molecule has 1 unspecified atom stereocenters. The molecule has 1 N–H and O–H groups in total. The van der Waals surface area contributed by atoms with E-state index < -0.39 is 6.29 Å². The molecule has 2 aliphatic heterocycles. The molecular weight excluding hydrogens is 202 g/mol. The molecule has 0 aromatic heterocycles. The van der Waals surface area contributed by atoms with Crippen LogP contribution in [0.3, 0.4) is 0 Å². The fourth-order valence-electron chi connectivity index (χ4n) is 3.79. The Balaban J connectivity index is 1.63. The van der Waals surface area contributed by atoms with Gasteiger partial charge in [-0.3, -0.25) is 4.90 Å². The van der Waals surface area contributed by atoms with Crippen LogP contribution in [0.1, 0.15) is 39.0 Å². The van der Waals surface area contributed by atoms with E-state index in [1.807, 2.05) is 0 Å². The summed E-state index contributed by atoms with van der Waals surface area (Å²) < 4.78 is 5.56. The van der Waals surface area contributed by atoms with Gasteiger partial charge in [0.05, 0.1) is 6.10 Å². The van der Waals surface area contributed by atoms with Crippen LogP contribution in [0.4, 0.5) is 0 Å². The van der Waals surface area contributed by atoms with Crippen LogP contribution in [0.5, 0.6) is 0 Å². The van der Waals surface area contributed by atoms with Gasteiger partial charge in [0.1, 0.15) is 0 Å². The Morgan fingerprint density at radius 3 is 2.62 bits per heavy atom. The number of rotatable bonds is 1. The van der Waals surface area contributed by atoms with Crippen molar-refractivity contribution in [2.24, 2.45) is 11.8 Å². The molecule has 0 aromatic carbocycles. The molecule has 3 nitrogen and oxygen atoms in total. The molecule has 3 aliphatic rings. The van der Waals surface area contributed by atoms with Gasteiger partial charge in [-0.05, 0) is 44.7 Å². The number of aliphatic hydroxyl groups excluding tert-OH is 1. The molecule has 3 fully saturated rings. The van der Waals surface area contributed by atoms with Crippen molar-refractivity contribution in [3.63, 3.8) is 0 Å². The van der Waals surface area contributed by atoms with Crippen molar-refractivity contribution >= 4 is 0 Å². The summed E-state index contributed by atoms with van der Waals surface area (Å²) in [5.74, 6) is 1.50. The number of nitrogens with zero attached hydrogens (tertiary/aromatic N) is 1. The van der Waals surface area contributed by atoms with Gasteiger partial charge in [0.15, 0.2) is 6.29 Å². The summed E-state index contributed by atoms with van der Waals surface area (Å²) in [7, 11) is 0. The highest BCUT2D eigenvalue weighted by Crippen LogP contribution is 2.41. The summed E-state index contributed by atoms with van der Waals surface area (Å²) in [4.78, 5) is 2.66. The maximum Gasteiger partial charge on any atom is 0.155 e. The van der Waals surface area contributed by atoms with Crippen LogP contribution in [0.15, 0.2) is 0 Å². The molecule has 3 heteroatoms. The predicted octanol–water partition coefficient (Wildman–Crippen LogP) is 1.60. The third-order valence-corrected chi connectivity index (χ3v) is 4.81. The van der Waals surface area contributed by atoms with Gasteiger partial charge < -0.3 is 9.84 Å². The summed E-state index contributed by atoms with van der Waals surface area (Å²) in [6, 6.07) is 0.689. The molecule has 0 bridgehead atoms. The van der Waals surface area contributed by atoms with E-state index in [2.05, 4.69) is 11.8 Å². The van der Waals surface area contributed by atoms with Crippen molar-refractivity contribution in [3.05, 3.63) is 0 Å². The summed E-state index contributed by atoms with van der Waals surface area (Å²) in [6.07, 6.45) is 5.84. The number of hydrogen-bond acceptors (Lipinski definition) is 3. The van der Waals surface area contributed by atoms with Gasteiger partial charge in [0, 0.05) is 18.4 Å². The zero-order valence-corrected chi connectivity index (χ0v) is 10.1. The average molecular weight is 225 g/mol. The first-order valence-electron chi connectivity index (χ1n) is 6.81. The highest BCUT2D eigenvalue weighted by Gasteiger charge is 2.46. The second-order valence-electron chi connectivity index (χ2n) is 5.89. The lowest BCUT2D eigenvalue weighted by atomic mass is 9.93. The first-order valence-corrected chi connectivity index (χ1v) is 6.81. The van der Waals surface area contributed by atoms with Crippen LogP contribution < -0.4 is 0 Å². The molecule has 2 saturated heterocycles. The SMILES string of the molecule is CC1CCN([C@@H]2CC[C@H]3OC(O)C[C@@H]23)CC1. The maximum absolute atomic E-state index is 9.55. The van der Waals surface area contributed by atoms with Gasteiger partial charge in [-0.15, -0.1) is 0 Å².